The summed E-state index contributed by atoms with van der Waals surface area (Å²) < 4.78 is 0. The van der Waals surface area contributed by atoms with Gasteiger partial charge in [-0.05, 0) is 50.9 Å². The maximum atomic E-state index is 10.2. The molecule has 2 heteroatoms. The standard InChI is InChI=1S/C15H26O2/c1-10-6-5-7-11-8-13(16)12(14(2,3)17)9-15(10,11)4/h8,10,12-13,16-17H,5-7,9H2,1-4H3. The van der Waals surface area contributed by atoms with Gasteiger partial charge in [0.1, 0.15) is 0 Å². The van der Waals surface area contributed by atoms with Gasteiger partial charge in [-0.1, -0.05) is 25.5 Å². The van der Waals surface area contributed by atoms with Gasteiger partial charge in [-0.2, -0.15) is 0 Å². The van der Waals surface area contributed by atoms with Gasteiger partial charge in [-0.15, -0.1) is 0 Å². The molecule has 0 radical (unpaired) electrons. The number of allylic oxidation sites excluding steroid dienone is 1. The average molecular weight is 238 g/mol. The monoisotopic (exact) mass is 238 g/mol. The SMILES string of the molecule is CC1CCCC2=CC(O)C(C(C)(C)O)CC21C. The van der Waals surface area contributed by atoms with Crippen LogP contribution in [0.25, 0.3) is 0 Å². The quantitative estimate of drug-likeness (QED) is 0.690. The second kappa shape index (κ2) is 4.10. The van der Waals surface area contributed by atoms with E-state index in [1.165, 1.54) is 18.4 Å². The van der Waals surface area contributed by atoms with Crippen LogP contribution in [0.3, 0.4) is 0 Å². The van der Waals surface area contributed by atoms with Crippen molar-refractivity contribution >= 4 is 0 Å². The van der Waals surface area contributed by atoms with E-state index in [-0.39, 0.29) is 11.3 Å². The molecule has 0 aromatic heterocycles. The van der Waals surface area contributed by atoms with E-state index in [1.54, 1.807) is 0 Å². The van der Waals surface area contributed by atoms with Gasteiger partial charge in [-0.25, -0.2) is 0 Å². The summed E-state index contributed by atoms with van der Waals surface area (Å²) in [5.74, 6) is 0.608. The molecule has 0 aromatic rings. The van der Waals surface area contributed by atoms with Gasteiger partial charge >= 0.3 is 0 Å². The minimum atomic E-state index is -0.804. The fraction of sp³-hybridized carbons (Fsp3) is 0.867. The number of fused-ring (bicyclic) bond motifs is 1. The Morgan fingerprint density at radius 2 is 2.06 bits per heavy atom. The highest BCUT2D eigenvalue weighted by Crippen LogP contribution is 2.53. The minimum Gasteiger partial charge on any atom is -0.390 e. The zero-order chi connectivity index (χ0) is 12.8. The molecule has 0 amide bonds. The maximum absolute atomic E-state index is 10.2. The fourth-order valence-electron chi connectivity index (χ4n) is 3.69. The van der Waals surface area contributed by atoms with E-state index in [1.807, 2.05) is 19.9 Å². The van der Waals surface area contributed by atoms with Crippen LogP contribution in [0, 0.1) is 17.3 Å². The molecule has 17 heavy (non-hydrogen) atoms. The Morgan fingerprint density at radius 3 is 2.65 bits per heavy atom. The Kier molecular flexibility index (Phi) is 3.16. The summed E-state index contributed by atoms with van der Waals surface area (Å²) in [4.78, 5) is 0. The summed E-state index contributed by atoms with van der Waals surface area (Å²) >= 11 is 0. The Hall–Kier alpha value is -0.340. The Labute approximate surface area is 105 Å². The van der Waals surface area contributed by atoms with Gasteiger partial charge in [0, 0.05) is 5.92 Å². The molecule has 1 saturated carbocycles. The lowest BCUT2D eigenvalue weighted by atomic mass is 9.56. The summed E-state index contributed by atoms with van der Waals surface area (Å²) in [7, 11) is 0. The lowest BCUT2D eigenvalue weighted by Gasteiger charge is -2.50. The van der Waals surface area contributed by atoms with E-state index >= 15 is 0 Å². The number of hydrogen-bond acceptors (Lipinski definition) is 2. The van der Waals surface area contributed by atoms with Crippen molar-refractivity contribution in [3.05, 3.63) is 11.6 Å². The van der Waals surface area contributed by atoms with Gasteiger partial charge in [0.05, 0.1) is 11.7 Å². The van der Waals surface area contributed by atoms with Crippen molar-refractivity contribution < 1.29 is 10.2 Å². The van der Waals surface area contributed by atoms with Crippen LogP contribution in [0.4, 0.5) is 0 Å². The first-order chi connectivity index (χ1) is 7.75. The van der Waals surface area contributed by atoms with Crippen LogP contribution in [-0.2, 0) is 0 Å². The molecule has 2 aliphatic rings. The highest BCUT2D eigenvalue weighted by Gasteiger charge is 2.47. The largest absolute Gasteiger partial charge is 0.390 e. The molecule has 2 nitrogen and oxygen atoms in total. The van der Waals surface area contributed by atoms with E-state index in [0.717, 1.165) is 12.8 Å². The molecule has 0 heterocycles. The van der Waals surface area contributed by atoms with Gasteiger partial charge in [0.15, 0.2) is 0 Å². The van der Waals surface area contributed by atoms with Crippen molar-refractivity contribution in [2.24, 2.45) is 17.3 Å². The van der Waals surface area contributed by atoms with Crippen molar-refractivity contribution in [3.8, 4) is 0 Å². The van der Waals surface area contributed by atoms with E-state index in [2.05, 4.69) is 13.8 Å². The maximum Gasteiger partial charge on any atom is 0.0779 e. The second-order valence-corrected chi connectivity index (χ2v) is 6.86. The van der Waals surface area contributed by atoms with E-state index < -0.39 is 11.7 Å². The van der Waals surface area contributed by atoms with Gasteiger partial charge in [-0.3, -0.25) is 0 Å². The molecule has 98 valence electrons. The van der Waals surface area contributed by atoms with Crippen molar-refractivity contribution in [2.45, 2.75) is 65.1 Å². The van der Waals surface area contributed by atoms with E-state index in [0.29, 0.717) is 5.92 Å². The predicted molar refractivity (Wildman–Crippen MR) is 69.6 cm³/mol. The third-order valence-corrected chi connectivity index (χ3v) is 5.24. The molecule has 0 saturated heterocycles. The molecule has 2 aliphatic carbocycles. The minimum absolute atomic E-state index is 0.0446. The Morgan fingerprint density at radius 1 is 1.41 bits per heavy atom. The van der Waals surface area contributed by atoms with Crippen LogP contribution in [-0.4, -0.2) is 21.9 Å². The topological polar surface area (TPSA) is 40.5 Å². The average Bonchev–Trinajstić information content (AvgIpc) is 2.19. The van der Waals surface area contributed by atoms with Gasteiger partial charge < -0.3 is 10.2 Å². The predicted octanol–water partition coefficient (Wildman–Crippen LogP) is 2.89. The van der Waals surface area contributed by atoms with E-state index in [9.17, 15) is 10.2 Å². The summed E-state index contributed by atoms with van der Waals surface area (Å²) in [5, 5.41) is 20.4. The second-order valence-electron chi connectivity index (χ2n) is 6.86. The summed E-state index contributed by atoms with van der Waals surface area (Å²) in [6.07, 6.45) is 6.08. The first-order valence-electron chi connectivity index (χ1n) is 6.87. The number of hydrogen-bond donors (Lipinski definition) is 2. The molecule has 0 spiro atoms. The van der Waals surface area contributed by atoms with Crippen LogP contribution in [0.5, 0.6) is 0 Å². The van der Waals surface area contributed by atoms with Crippen LogP contribution in [0.1, 0.15) is 53.4 Å². The lowest BCUT2D eigenvalue weighted by Crippen LogP contribution is -2.48. The molecule has 0 aliphatic heterocycles. The first kappa shape index (κ1) is 13.1. The number of aliphatic hydroxyl groups is 2. The summed E-state index contributed by atoms with van der Waals surface area (Å²) in [6, 6.07) is 0. The molecule has 0 bridgehead atoms. The third kappa shape index (κ3) is 2.17. The van der Waals surface area contributed by atoms with Crippen LogP contribution >= 0.6 is 0 Å². The molecular formula is C15H26O2. The van der Waals surface area contributed by atoms with Crippen LogP contribution in [0.15, 0.2) is 11.6 Å². The van der Waals surface area contributed by atoms with E-state index in [4.69, 9.17) is 0 Å². The van der Waals surface area contributed by atoms with Gasteiger partial charge in [0.2, 0.25) is 0 Å². The number of rotatable bonds is 1. The Balaban J connectivity index is 2.34. The summed E-state index contributed by atoms with van der Waals surface area (Å²) in [6.45, 7) is 8.26. The molecule has 2 rings (SSSR count). The zero-order valence-corrected chi connectivity index (χ0v) is 11.5. The highest BCUT2D eigenvalue weighted by molar-refractivity contribution is 5.24. The van der Waals surface area contributed by atoms with Crippen molar-refractivity contribution in [1.82, 2.24) is 0 Å². The van der Waals surface area contributed by atoms with Crippen LogP contribution < -0.4 is 0 Å². The van der Waals surface area contributed by atoms with Crippen molar-refractivity contribution in [2.75, 3.05) is 0 Å². The molecule has 1 fully saturated rings. The summed E-state index contributed by atoms with van der Waals surface area (Å²) in [5.41, 5.74) is 0.799. The first-order valence-corrected chi connectivity index (χ1v) is 6.87. The molecular weight excluding hydrogens is 212 g/mol. The Bertz CT molecular complexity index is 326. The molecule has 0 aromatic carbocycles. The van der Waals surface area contributed by atoms with Crippen molar-refractivity contribution in [3.63, 3.8) is 0 Å². The molecule has 4 unspecified atom stereocenters. The smallest absolute Gasteiger partial charge is 0.0779 e. The number of aliphatic hydroxyl groups excluding tert-OH is 1. The molecule has 2 N–H and O–H groups in total. The normalized spacial score (nSPS) is 42.9. The lowest BCUT2D eigenvalue weighted by molar-refractivity contribution is -0.0640. The molecule has 4 atom stereocenters. The van der Waals surface area contributed by atoms with Crippen molar-refractivity contribution in [1.29, 1.82) is 0 Å². The highest BCUT2D eigenvalue weighted by atomic mass is 16.3. The third-order valence-electron chi connectivity index (χ3n) is 5.24. The van der Waals surface area contributed by atoms with Crippen LogP contribution in [0.2, 0.25) is 0 Å². The fourth-order valence-corrected chi connectivity index (χ4v) is 3.69. The van der Waals surface area contributed by atoms with Gasteiger partial charge in [0.25, 0.3) is 0 Å². The zero-order valence-electron chi connectivity index (χ0n) is 11.5.